The molecule has 3 heteroatoms. The number of hydrazone groups is 1. The molecule has 0 bridgehead atoms. The number of benzene rings is 2. The van der Waals surface area contributed by atoms with Crippen molar-refractivity contribution in [3.05, 3.63) is 77.9 Å². The van der Waals surface area contributed by atoms with Crippen LogP contribution in [-0.2, 0) is 0 Å². The van der Waals surface area contributed by atoms with Crippen molar-refractivity contribution in [2.24, 2.45) is 5.10 Å². The first-order valence-corrected chi connectivity index (χ1v) is 6.38. The topological polar surface area (TPSA) is 48.2 Å². The fourth-order valence-corrected chi connectivity index (χ4v) is 1.93. The van der Waals surface area contributed by atoms with Gasteiger partial charge in [-0.1, -0.05) is 61.2 Å². The summed E-state index contributed by atoms with van der Waals surface area (Å²) in [7, 11) is 1.73. The van der Waals surface area contributed by atoms with E-state index in [0.29, 0.717) is 11.4 Å². The minimum absolute atomic E-state index is 0.390. The Bertz CT molecular complexity index is 642. The standard InChI is InChI=1S/C17H17N3/c1-3-13-8-7-11-15(12-13)17(20-19-2)16(18)14-9-5-4-6-10-14/h3-12,18-19H,1H2,2H3/b18-16?,20-17-. The highest BCUT2D eigenvalue weighted by molar-refractivity contribution is 6.52. The normalized spacial score (nSPS) is 10.9. The molecule has 3 nitrogen and oxygen atoms in total. The molecule has 0 aromatic heterocycles. The minimum Gasteiger partial charge on any atom is -0.312 e. The lowest BCUT2D eigenvalue weighted by Crippen LogP contribution is -2.19. The first kappa shape index (κ1) is 13.7. The van der Waals surface area contributed by atoms with Gasteiger partial charge in [-0.15, -0.1) is 0 Å². The Morgan fingerprint density at radius 3 is 2.45 bits per heavy atom. The molecule has 0 spiro atoms. The number of hydrogen-bond donors (Lipinski definition) is 2. The third-order valence-corrected chi connectivity index (χ3v) is 2.92. The van der Waals surface area contributed by atoms with Gasteiger partial charge in [0.2, 0.25) is 0 Å². The van der Waals surface area contributed by atoms with Gasteiger partial charge in [0.15, 0.2) is 0 Å². The first-order valence-electron chi connectivity index (χ1n) is 6.38. The van der Waals surface area contributed by atoms with Crippen LogP contribution in [-0.4, -0.2) is 18.5 Å². The van der Waals surface area contributed by atoms with Gasteiger partial charge in [0.05, 0.1) is 5.71 Å². The zero-order valence-electron chi connectivity index (χ0n) is 11.4. The molecule has 100 valence electrons. The molecule has 0 fully saturated rings. The van der Waals surface area contributed by atoms with Gasteiger partial charge >= 0.3 is 0 Å². The highest BCUT2D eigenvalue weighted by Gasteiger charge is 2.12. The molecular formula is C17H17N3. The predicted octanol–water partition coefficient (Wildman–Crippen LogP) is 3.32. The van der Waals surface area contributed by atoms with E-state index >= 15 is 0 Å². The monoisotopic (exact) mass is 263 g/mol. The van der Waals surface area contributed by atoms with Crippen LogP contribution in [0.1, 0.15) is 16.7 Å². The van der Waals surface area contributed by atoms with Crippen molar-refractivity contribution < 1.29 is 0 Å². The Kier molecular flexibility index (Phi) is 4.45. The van der Waals surface area contributed by atoms with Crippen molar-refractivity contribution in [3.63, 3.8) is 0 Å². The van der Waals surface area contributed by atoms with Crippen LogP contribution in [0.25, 0.3) is 6.08 Å². The zero-order valence-corrected chi connectivity index (χ0v) is 11.4. The van der Waals surface area contributed by atoms with E-state index in [-0.39, 0.29) is 0 Å². The molecule has 0 atom stereocenters. The average molecular weight is 263 g/mol. The van der Waals surface area contributed by atoms with Gasteiger partial charge in [-0.05, 0) is 11.6 Å². The summed E-state index contributed by atoms with van der Waals surface area (Å²) >= 11 is 0. The van der Waals surface area contributed by atoms with Crippen LogP contribution in [0.5, 0.6) is 0 Å². The molecule has 0 radical (unpaired) electrons. The van der Waals surface area contributed by atoms with E-state index in [1.165, 1.54) is 0 Å². The van der Waals surface area contributed by atoms with E-state index in [9.17, 15) is 0 Å². The van der Waals surface area contributed by atoms with E-state index in [1.54, 1.807) is 13.1 Å². The average Bonchev–Trinajstić information content (AvgIpc) is 2.53. The van der Waals surface area contributed by atoms with Crippen molar-refractivity contribution in [1.82, 2.24) is 5.43 Å². The summed E-state index contributed by atoms with van der Waals surface area (Å²) in [4.78, 5) is 0. The maximum atomic E-state index is 8.36. The largest absolute Gasteiger partial charge is 0.312 e. The fourth-order valence-electron chi connectivity index (χ4n) is 1.93. The van der Waals surface area contributed by atoms with Gasteiger partial charge in [-0.25, -0.2) is 0 Å². The van der Waals surface area contributed by atoms with Crippen LogP contribution in [0.2, 0.25) is 0 Å². The summed E-state index contributed by atoms with van der Waals surface area (Å²) in [6.07, 6.45) is 1.78. The number of nitrogens with one attached hydrogen (secondary N) is 2. The molecule has 2 aromatic carbocycles. The molecule has 0 unspecified atom stereocenters. The van der Waals surface area contributed by atoms with Gasteiger partial charge < -0.3 is 5.43 Å². The summed E-state index contributed by atoms with van der Waals surface area (Å²) in [5.74, 6) is 0. The van der Waals surface area contributed by atoms with Crippen LogP contribution in [0.4, 0.5) is 0 Å². The molecular weight excluding hydrogens is 246 g/mol. The molecule has 2 rings (SSSR count). The summed E-state index contributed by atoms with van der Waals surface area (Å²) in [5.41, 5.74) is 6.52. The predicted molar refractivity (Wildman–Crippen MR) is 85.4 cm³/mol. The van der Waals surface area contributed by atoms with E-state index in [2.05, 4.69) is 17.1 Å². The lowest BCUT2D eigenvalue weighted by atomic mass is 9.98. The number of nitrogens with zero attached hydrogens (tertiary/aromatic N) is 1. The van der Waals surface area contributed by atoms with Gasteiger partial charge in [0, 0.05) is 18.2 Å². The second-order valence-corrected chi connectivity index (χ2v) is 4.25. The van der Waals surface area contributed by atoms with Crippen LogP contribution < -0.4 is 5.43 Å². The third kappa shape index (κ3) is 3.01. The smallest absolute Gasteiger partial charge is 0.116 e. The summed E-state index contributed by atoms with van der Waals surface area (Å²) in [6, 6.07) is 17.4. The molecule has 2 aromatic rings. The highest BCUT2D eigenvalue weighted by atomic mass is 15.3. The second kappa shape index (κ2) is 6.48. The Balaban J connectivity index is 2.44. The Morgan fingerprint density at radius 1 is 1.10 bits per heavy atom. The fraction of sp³-hybridized carbons (Fsp3) is 0.0588. The lowest BCUT2D eigenvalue weighted by Gasteiger charge is -2.09. The molecule has 0 aliphatic rings. The molecule has 20 heavy (non-hydrogen) atoms. The number of hydrogen-bond acceptors (Lipinski definition) is 3. The Labute approximate surface area is 119 Å². The van der Waals surface area contributed by atoms with E-state index in [1.807, 2.05) is 54.6 Å². The van der Waals surface area contributed by atoms with Crippen LogP contribution >= 0.6 is 0 Å². The highest BCUT2D eigenvalue weighted by Crippen LogP contribution is 2.12. The number of rotatable bonds is 5. The lowest BCUT2D eigenvalue weighted by molar-refractivity contribution is 0.904. The molecule has 0 aliphatic heterocycles. The minimum atomic E-state index is 0.390. The van der Waals surface area contributed by atoms with Gasteiger partial charge in [-0.2, -0.15) is 5.10 Å². The van der Waals surface area contributed by atoms with Crippen molar-refractivity contribution >= 4 is 17.5 Å². The van der Waals surface area contributed by atoms with E-state index < -0.39 is 0 Å². The molecule has 0 saturated carbocycles. The SMILES string of the molecule is C=Cc1cccc(/C(=N/NC)C(=N)c2ccccc2)c1. The molecule has 0 amide bonds. The van der Waals surface area contributed by atoms with E-state index in [0.717, 1.165) is 16.7 Å². The van der Waals surface area contributed by atoms with Crippen molar-refractivity contribution in [3.8, 4) is 0 Å². The molecule has 0 heterocycles. The van der Waals surface area contributed by atoms with E-state index in [4.69, 9.17) is 5.41 Å². The summed E-state index contributed by atoms with van der Waals surface area (Å²) in [6.45, 7) is 3.77. The van der Waals surface area contributed by atoms with Gasteiger partial charge in [0.25, 0.3) is 0 Å². The van der Waals surface area contributed by atoms with Crippen LogP contribution in [0, 0.1) is 5.41 Å². The summed E-state index contributed by atoms with van der Waals surface area (Å²) < 4.78 is 0. The quantitative estimate of drug-likeness (QED) is 0.631. The maximum absolute atomic E-state index is 8.36. The molecule has 0 aliphatic carbocycles. The Morgan fingerprint density at radius 2 is 1.80 bits per heavy atom. The zero-order chi connectivity index (χ0) is 14.4. The van der Waals surface area contributed by atoms with Crippen molar-refractivity contribution in [1.29, 1.82) is 5.41 Å². The van der Waals surface area contributed by atoms with Crippen molar-refractivity contribution in [2.45, 2.75) is 0 Å². The summed E-state index contributed by atoms with van der Waals surface area (Å²) in [5, 5.41) is 12.6. The van der Waals surface area contributed by atoms with Gasteiger partial charge in [-0.3, -0.25) is 5.41 Å². The first-order chi connectivity index (χ1) is 9.76. The molecule has 0 saturated heterocycles. The van der Waals surface area contributed by atoms with Gasteiger partial charge in [0.1, 0.15) is 5.71 Å². The van der Waals surface area contributed by atoms with Crippen LogP contribution in [0.3, 0.4) is 0 Å². The van der Waals surface area contributed by atoms with Crippen molar-refractivity contribution in [2.75, 3.05) is 7.05 Å². The second-order valence-electron chi connectivity index (χ2n) is 4.25. The third-order valence-electron chi connectivity index (χ3n) is 2.92. The maximum Gasteiger partial charge on any atom is 0.116 e. The Hall–Kier alpha value is -2.68. The van der Waals surface area contributed by atoms with Crippen LogP contribution in [0.15, 0.2) is 66.3 Å². The molecule has 2 N–H and O–H groups in total.